The van der Waals surface area contributed by atoms with Crippen molar-refractivity contribution in [3.8, 4) is 0 Å². The summed E-state index contributed by atoms with van der Waals surface area (Å²) in [5, 5.41) is 2.80. The van der Waals surface area contributed by atoms with E-state index in [4.69, 9.17) is 0 Å². The number of hydrogen-bond acceptors (Lipinski definition) is 3. The van der Waals surface area contributed by atoms with Gasteiger partial charge in [-0.05, 0) is 49.2 Å². The van der Waals surface area contributed by atoms with Crippen molar-refractivity contribution in [1.82, 2.24) is 10.0 Å². The van der Waals surface area contributed by atoms with Crippen molar-refractivity contribution in [3.63, 3.8) is 0 Å². The molecule has 0 aliphatic heterocycles. The van der Waals surface area contributed by atoms with E-state index in [1.165, 1.54) is 18.7 Å². The van der Waals surface area contributed by atoms with Crippen molar-refractivity contribution < 1.29 is 13.2 Å². The maximum absolute atomic E-state index is 12.1. The molecule has 0 heterocycles. The van der Waals surface area contributed by atoms with Crippen LogP contribution in [-0.4, -0.2) is 21.4 Å². The first-order chi connectivity index (χ1) is 12.3. The summed E-state index contributed by atoms with van der Waals surface area (Å²) >= 11 is 0. The molecule has 0 atom stereocenters. The van der Waals surface area contributed by atoms with Crippen LogP contribution in [0, 0.1) is 13.8 Å². The third-order valence-corrected chi connectivity index (χ3v) is 5.38. The molecule has 0 radical (unpaired) electrons. The highest BCUT2D eigenvalue weighted by Crippen LogP contribution is 2.13. The molecule has 0 spiro atoms. The lowest BCUT2D eigenvalue weighted by atomic mass is 10.1. The fourth-order valence-electron chi connectivity index (χ4n) is 2.57. The molecule has 138 valence electrons. The Bertz CT molecular complexity index is 918. The number of benzene rings is 2. The van der Waals surface area contributed by atoms with Gasteiger partial charge in [-0.1, -0.05) is 48.0 Å². The summed E-state index contributed by atoms with van der Waals surface area (Å²) < 4.78 is 25.8. The zero-order valence-corrected chi connectivity index (χ0v) is 16.1. The molecule has 5 nitrogen and oxygen atoms in total. The van der Waals surface area contributed by atoms with Gasteiger partial charge in [-0.2, -0.15) is 0 Å². The van der Waals surface area contributed by atoms with Crippen LogP contribution >= 0.6 is 0 Å². The van der Waals surface area contributed by atoms with Crippen molar-refractivity contribution in [2.24, 2.45) is 0 Å². The molecule has 0 bridgehead atoms. The summed E-state index contributed by atoms with van der Waals surface area (Å²) in [5.41, 5.74) is 4.72. The lowest BCUT2D eigenvalue weighted by Gasteiger charge is -2.10. The van der Waals surface area contributed by atoms with Crippen molar-refractivity contribution >= 4 is 22.0 Å². The summed E-state index contributed by atoms with van der Waals surface area (Å²) in [6.07, 6.45) is 3.27. The zero-order chi connectivity index (χ0) is 19.2. The van der Waals surface area contributed by atoms with Gasteiger partial charge in [0.05, 0.1) is 5.75 Å². The third-order valence-electron chi connectivity index (χ3n) is 4.07. The van der Waals surface area contributed by atoms with E-state index in [-0.39, 0.29) is 18.2 Å². The van der Waals surface area contributed by atoms with Gasteiger partial charge in [0.15, 0.2) is 0 Å². The van der Waals surface area contributed by atoms with Crippen LogP contribution in [0.15, 0.2) is 48.5 Å². The SMILES string of the molecule is CNS(=O)(=O)Cc1ccccc1CNC(=O)/C=C/c1ccc(C)cc1C. The maximum atomic E-state index is 12.1. The standard InChI is InChI=1S/C20H24N2O3S/c1-15-8-9-17(16(2)12-15)10-11-20(23)22-13-18-6-4-5-7-19(18)14-26(24,25)21-3/h4-12,21H,13-14H2,1-3H3,(H,22,23)/b11-10+. The number of amides is 1. The first-order valence-corrected chi connectivity index (χ1v) is 9.97. The predicted octanol–water partition coefficient (Wildman–Crippen LogP) is 2.68. The Morgan fingerprint density at radius 3 is 2.42 bits per heavy atom. The van der Waals surface area contributed by atoms with E-state index in [0.717, 1.165) is 16.7 Å². The molecule has 2 aromatic carbocycles. The average molecular weight is 372 g/mol. The summed E-state index contributed by atoms with van der Waals surface area (Å²) in [6, 6.07) is 13.2. The average Bonchev–Trinajstić information content (AvgIpc) is 2.60. The van der Waals surface area contributed by atoms with Gasteiger partial charge in [-0.3, -0.25) is 4.79 Å². The number of nitrogens with one attached hydrogen (secondary N) is 2. The summed E-state index contributed by atoms with van der Waals surface area (Å²) in [4.78, 5) is 12.1. The van der Waals surface area contributed by atoms with Crippen LogP contribution in [0.5, 0.6) is 0 Å². The second-order valence-electron chi connectivity index (χ2n) is 6.14. The number of rotatable bonds is 7. The molecular weight excluding hydrogens is 348 g/mol. The molecule has 2 rings (SSSR count). The molecule has 0 saturated carbocycles. The molecule has 0 aliphatic carbocycles. The van der Waals surface area contributed by atoms with E-state index in [2.05, 4.69) is 16.1 Å². The van der Waals surface area contributed by atoms with Gasteiger partial charge in [0, 0.05) is 12.6 Å². The Morgan fingerprint density at radius 1 is 1.08 bits per heavy atom. The third kappa shape index (κ3) is 5.82. The quantitative estimate of drug-likeness (QED) is 0.734. The monoisotopic (exact) mass is 372 g/mol. The smallest absolute Gasteiger partial charge is 0.244 e. The Morgan fingerprint density at radius 2 is 1.77 bits per heavy atom. The van der Waals surface area contributed by atoms with E-state index >= 15 is 0 Å². The molecule has 26 heavy (non-hydrogen) atoms. The van der Waals surface area contributed by atoms with Gasteiger partial charge in [0.1, 0.15) is 0 Å². The van der Waals surface area contributed by atoms with Crippen molar-refractivity contribution in [1.29, 1.82) is 0 Å². The molecule has 0 aromatic heterocycles. The van der Waals surface area contributed by atoms with Crippen molar-refractivity contribution in [3.05, 3.63) is 76.4 Å². The molecule has 0 saturated heterocycles. The van der Waals surface area contributed by atoms with Crippen LogP contribution in [0.3, 0.4) is 0 Å². The summed E-state index contributed by atoms with van der Waals surface area (Å²) in [5.74, 6) is -0.343. The summed E-state index contributed by atoms with van der Waals surface area (Å²) in [6.45, 7) is 4.30. The van der Waals surface area contributed by atoms with E-state index in [9.17, 15) is 13.2 Å². The Labute approximate surface area is 155 Å². The zero-order valence-electron chi connectivity index (χ0n) is 15.2. The Balaban J connectivity index is 2.02. The van der Waals surface area contributed by atoms with Crippen molar-refractivity contribution in [2.45, 2.75) is 26.1 Å². The second-order valence-corrected chi connectivity index (χ2v) is 8.07. The fraction of sp³-hybridized carbons (Fsp3) is 0.250. The highest BCUT2D eigenvalue weighted by molar-refractivity contribution is 7.88. The minimum absolute atomic E-state index is 0.117. The fourth-order valence-corrected chi connectivity index (χ4v) is 3.40. The Hall–Kier alpha value is -2.44. The number of carbonyl (C=O) groups is 1. The molecule has 0 unspecified atom stereocenters. The van der Waals surface area contributed by atoms with Crippen LogP contribution in [0.1, 0.15) is 27.8 Å². The minimum atomic E-state index is -3.36. The lowest BCUT2D eigenvalue weighted by molar-refractivity contribution is -0.116. The predicted molar refractivity (Wildman–Crippen MR) is 105 cm³/mol. The highest BCUT2D eigenvalue weighted by atomic mass is 32.2. The number of sulfonamides is 1. The minimum Gasteiger partial charge on any atom is -0.348 e. The number of aryl methyl sites for hydroxylation is 2. The second kappa shape index (κ2) is 8.78. The van der Waals surface area contributed by atoms with E-state index in [1.807, 2.05) is 38.1 Å². The molecule has 6 heteroatoms. The van der Waals surface area contributed by atoms with Crippen LogP contribution in [0.4, 0.5) is 0 Å². The molecular formula is C20H24N2O3S. The van der Waals surface area contributed by atoms with Gasteiger partial charge in [-0.15, -0.1) is 0 Å². The number of carbonyl (C=O) groups excluding carboxylic acids is 1. The first kappa shape index (κ1) is 19.9. The van der Waals surface area contributed by atoms with Crippen molar-refractivity contribution in [2.75, 3.05) is 7.05 Å². The molecule has 2 aromatic rings. The van der Waals surface area contributed by atoms with Crippen LogP contribution in [-0.2, 0) is 27.1 Å². The van der Waals surface area contributed by atoms with E-state index in [1.54, 1.807) is 18.2 Å². The molecule has 2 N–H and O–H groups in total. The summed E-state index contributed by atoms with van der Waals surface area (Å²) in [7, 11) is -1.98. The van der Waals surface area contributed by atoms with Gasteiger partial charge in [0.2, 0.25) is 15.9 Å². The maximum Gasteiger partial charge on any atom is 0.244 e. The first-order valence-electron chi connectivity index (χ1n) is 8.32. The normalized spacial score (nSPS) is 11.7. The van der Waals surface area contributed by atoms with E-state index in [0.29, 0.717) is 5.56 Å². The molecule has 1 amide bonds. The number of hydrogen-bond donors (Lipinski definition) is 2. The molecule has 0 fully saturated rings. The van der Waals surface area contributed by atoms with Crippen LogP contribution < -0.4 is 10.0 Å². The van der Waals surface area contributed by atoms with Crippen LogP contribution in [0.25, 0.3) is 6.08 Å². The van der Waals surface area contributed by atoms with Gasteiger partial charge >= 0.3 is 0 Å². The molecule has 0 aliphatic rings. The van der Waals surface area contributed by atoms with Gasteiger partial charge < -0.3 is 5.32 Å². The lowest BCUT2D eigenvalue weighted by Crippen LogP contribution is -2.24. The Kier molecular flexibility index (Phi) is 6.71. The van der Waals surface area contributed by atoms with Gasteiger partial charge in [-0.25, -0.2) is 13.1 Å². The van der Waals surface area contributed by atoms with Crippen LogP contribution in [0.2, 0.25) is 0 Å². The van der Waals surface area contributed by atoms with E-state index < -0.39 is 10.0 Å². The highest BCUT2D eigenvalue weighted by Gasteiger charge is 2.12. The van der Waals surface area contributed by atoms with Gasteiger partial charge in [0.25, 0.3) is 0 Å². The largest absolute Gasteiger partial charge is 0.348 e. The topological polar surface area (TPSA) is 75.3 Å².